The molecule has 2 atom stereocenters. The van der Waals surface area contributed by atoms with E-state index in [1.807, 2.05) is 7.05 Å². The predicted octanol–water partition coefficient (Wildman–Crippen LogP) is 0.994. The van der Waals surface area contributed by atoms with E-state index in [1.54, 1.807) is 0 Å². The molecule has 0 aromatic heterocycles. The fourth-order valence-electron chi connectivity index (χ4n) is 3.53. The summed E-state index contributed by atoms with van der Waals surface area (Å²) in [4.78, 5) is 9.45. The number of likely N-dealkylation sites (N-methyl/N-ethyl adjacent to an activating group) is 1. The zero-order valence-corrected chi connectivity index (χ0v) is 16.1. The van der Waals surface area contributed by atoms with E-state index in [0.29, 0.717) is 5.92 Å². The molecule has 6 heteroatoms. The molecule has 0 amide bonds. The first-order valence-electron chi connectivity index (χ1n) is 9.58. The van der Waals surface area contributed by atoms with Gasteiger partial charge in [0.25, 0.3) is 0 Å². The number of hydrogen-bond acceptors (Lipinski definition) is 4. The van der Waals surface area contributed by atoms with Crippen LogP contribution in [0.5, 0.6) is 0 Å². The molecule has 6 nitrogen and oxygen atoms in total. The molecule has 2 aliphatic heterocycles. The van der Waals surface area contributed by atoms with E-state index in [1.165, 1.54) is 32.7 Å². The SMILES string of the molecule is CCN1CCN(CC(C)CNC(=NC)NCC2(C)CCCO2)CC1. The number of nitrogens with one attached hydrogen (secondary N) is 2. The number of guanidine groups is 1. The Morgan fingerprint density at radius 1 is 1.21 bits per heavy atom. The first kappa shape index (κ1) is 19.5. The molecular formula is C18H37N5O. The molecule has 0 bridgehead atoms. The summed E-state index contributed by atoms with van der Waals surface area (Å²) in [5.41, 5.74) is -0.0395. The van der Waals surface area contributed by atoms with Crippen LogP contribution < -0.4 is 10.6 Å². The second-order valence-electron chi connectivity index (χ2n) is 7.55. The van der Waals surface area contributed by atoms with Crippen LogP contribution in [0.2, 0.25) is 0 Å². The summed E-state index contributed by atoms with van der Waals surface area (Å²) in [7, 11) is 1.84. The van der Waals surface area contributed by atoms with Crippen molar-refractivity contribution in [3.8, 4) is 0 Å². The van der Waals surface area contributed by atoms with Crippen LogP contribution in [0.15, 0.2) is 4.99 Å². The highest BCUT2D eigenvalue weighted by molar-refractivity contribution is 5.79. The number of rotatable bonds is 7. The highest BCUT2D eigenvalue weighted by Crippen LogP contribution is 2.23. The van der Waals surface area contributed by atoms with Crippen LogP contribution in [0.3, 0.4) is 0 Å². The Hall–Kier alpha value is -0.850. The Kier molecular flexibility index (Phi) is 7.78. The van der Waals surface area contributed by atoms with Crippen LogP contribution in [-0.4, -0.2) is 87.4 Å². The minimum atomic E-state index is -0.0395. The van der Waals surface area contributed by atoms with Crippen LogP contribution in [-0.2, 0) is 4.74 Å². The maximum absolute atomic E-state index is 5.82. The van der Waals surface area contributed by atoms with E-state index in [9.17, 15) is 0 Å². The summed E-state index contributed by atoms with van der Waals surface area (Å²) in [6, 6.07) is 0. The molecule has 24 heavy (non-hydrogen) atoms. The lowest BCUT2D eigenvalue weighted by Crippen LogP contribution is -2.49. The van der Waals surface area contributed by atoms with Gasteiger partial charge < -0.3 is 25.2 Å². The van der Waals surface area contributed by atoms with Crippen molar-refractivity contribution in [1.82, 2.24) is 20.4 Å². The second kappa shape index (κ2) is 9.59. The molecule has 0 radical (unpaired) electrons. The van der Waals surface area contributed by atoms with Gasteiger partial charge in [0, 0.05) is 59.5 Å². The molecule has 0 saturated carbocycles. The normalized spacial score (nSPS) is 28.1. The van der Waals surface area contributed by atoms with Crippen LogP contribution in [0.1, 0.15) is 33.6 Å². The van der Waals surface area contributed by atoms with Crippen molar-refractivity contribution in [1.29, 1.82) is 0 Å². The molecule has 2 fully saturated rings. The zero-order valence-electron chi connectivity index (χ0n) is 16.1. The zero-order chi connectivity index (χ0) is 17.4. The van der Waals surface area contributed by atoms with Gasteiger partial charge in [-0.3, -0.25) is 4.99 Å². The van der Waals surface area contributed by atoms with Crippen LogP contribution in [0.25, 0.3) is 0 Å². The number of aliphatic imine (C=N–C) groups is 1. The molecule has 2 aliphatic rings. The van der Waals surface area contributed by atoms with E-state index in [2.05, 4.69) is 46.2 Å². The van der Waals surface area contributed by atoms with Crippen molar-refractivity contribution in [3.63, 3.8) is 0 Å². The molecule has 0 aromatic rings. The van der Waals surface area contributed by atoms with Crippen molar-refractivity contribution in [2.45, 2.75) is 39.2 Å². The quantitative estimate of drug-likeness (QED) is 0.535. The van der Waals surface area contributed by atoms with Gasteiger partial charge in [-0.25, -0.2) is 0 Å². The lowest BCUT2D eigenvalue weighted by Gasteiger charge is -2.35. The van der Waals surface area contributed by atoms with Crippen LogP contribution in [0, 0.1) is 5.92 Å². The maximum Gasteiger partial charge on any atom is 0.191 e. The summed E-state index contributed by atoms with van der Waals surface area (Å²) < 4.78 is 5.82. The predicted molar refractivity (Wildman–Crippen MR) is 101 cm³/mol. The molecule has 0 spiro atoms. The average Bonchev–Trinajstić information content (AvgIpc) is 3.02. The smallest absolute Gasteiger partial charge is 0.191 e. The molecule has 2 heterocycles. The summed E-state index contributed by atoms with van der Waals surface area (Å²) in [5.74, 6) is 1.49. The number of nitrogens with zero attached hydrogens (tertiary/aromatic N) is 3. The van der Waals surface area contributed by atoms with Crippen molar-refractivity contribution in [3.05, 3.63) is 0 Å². The largest absolute Gasteiger partial charge is 0.373 e. The van der Waals surface area contributed by atoms with E-state index in [-0.39, 0.29) is 5.60 Å². The van der Waals surface area contributed by atoms with Crippen molar-refractivity contribution in [2.75, 3.05) is 66.0 Å². The second-order valence-corrected chi connectivity index (χ2v) is 7.55. The molecule has 140 valence electrons. The summed E-state index contributed by atoms with van der Waals surface area (Å²) in [6.07, 6.45) is 2.28. The minimum absolute atomic E-state index is 0.0395. The monoisotopic (exact) mass is 339 g/mol. The number of piperazine rings is 1. The van der Waals surface area contributed by atoms with Crippen molar-refractivity contribution < 1.29 is 4.74 Å². The van der Waals surface area contributed by atoms with Gasteiger partial charge in [0.1, 0.15) is 0 Å². The van der Waals surface area contributed by atoms with Gasteiger partial charge in [0.05, 0.1) is 5.60 Å². The van der Waals surface area contributed by atoms with Gasteiger partial charge in [-0.15, -0.1) is 0 Å². The first-order valence-corrected chi connectivity index (χ1v) is 9.58. The van der Waals surface area contributed by atoms with Gasteiger partial charge in [-0.2, -0.15) is 0 Å². The van der Waals surface area contributed by atoms with E-state index < -0.39 is 0 Å². The first-order chi connectivity index (χ1) is 11.5. The lowest BCUT2D eigenvalue weighted by molar-refractivity contribution is 0.0242. The van der Waals surface area contributed by atoms with Crippen LogP contribution >= 0.6 is 0 Å². The van der Waals surface area contributed by atoms with Gasteiger partial charge >= 0.3 is 0 Å². The number of ether oxygens (including phenoxy) is 1. The molecule has 0 aliphatic carbocycles. The Morgan fingerprint density at radius 2 is 1.92 bits per heavy atom. The molecule has 2 unspecified atom stereocenters. The minimum Gasteiger partial charge on any atom is -0.373 e. The average molecular weight is 340 g/mol. The topological polar surface area (TPSA) is 52.1 Å². The summed E-state index contributed by atoms with van der Waals surface area (Å²) in [5, 5.41) is 6.88. The third kappa shape index (κ3) is 6.22. The highest BCUT2D eigenvalue weighted by Gasteiger charge is 2.29. The third-order valence-corrected chi connectivity index (χ3v) is 5.25. The van der Waals surface area contributed by atoms with Gasteiger partial charge in [-0.1, -0.05) is 13.8 Å². The highest BCUT2D eigenvalue weighted by atomic mass is 16.5. The van der Waals surface area contributed by atoms with Gasteiger partial charge in [0.15, 0.2) is 5.96 Å². The summed E-state index contributed by atoms with van der Waals surface area (Å²) >= 11 is 0. The Labute approximate surface area is 148 Å². The third-order valence-electron chi connectivity index (χ3n) is 5.25. The van der Waals surface area contributed by atoms with E-state index >= 15 is 0 Å². The van der Waals surface area contributed by atoms with Crippen LogP contribution in [0.4, 0.5) is 0 Å². The molecule has 2 saturated heterocycles. The fourth-order valence-corrected chi connectivity index (χ4v) is 3.53. The fraction of sp³-hybridized carbons (Fsp3) is 0.944. The summed E-state index contributed by atoms with van der Waals surface area (Å²) in [6.45, 7) is 16.5. The van der Waals surface area contributed by atoms with Gasteiger partial charge in [-0.05, 0) is 32.2 Å². The maximum atomic E-state index is 5.82. The van der Waals surface area contributed by atoms with E-state index in [0.717, 1.165) is 45.0 Å². The van der Waals surface area contributed by atoms with Crippen molar-refractivity contribution >= 4 is 5.96 Å². The molecule has 2 N–H and O–H groups in total. The Morgan fingerprint density at radius 3 is 2.50 bits per heavy atom. The molecular weight excluding hydrogens is 302 g/mol. The molecule has 2 rings (SSSR count). The standard InChI is InChI=1S/C18H37N5O/c1-5-22-8-10-23(11-9-22)14-16(2)13-20-17(19-4)21-15-18(3)7-6-12-24-18/h16H,5-15H2,1-4H3,(H2,19,20,21). The van der Waals surface area contributed by atoms with E-state index in [4.69, 9.17) is 4.74 Å². The number of hydrogen-bond donors (Lipinski definition) is 2. The Bertz CT molecular complexity index is 387. The Balaban J connectivity index is 1.63. The van der Waals surface area contributed by atoms with Crippen molar-refractivity contribution in [2.24, 2.45) is 10.9 Å². The lowest BCUT2D eigenvalue weighted by atomic mass is 10.0. The van der Waals surface area contributed by atoms with Gasteiger partial charge in [0.2, 0.25) is 0 Å². The molecule has 0 aromatic carbocycles.